The van der Waals surface area contributed by atoms with Crippen molar-refractivity contribution in [2.75, 3.05) is 26.7 Å². The molecular weight excluding hydrogens is 488 g/mol. The van der Waals surface area contributed by atoms with Crippen LogP contribution in [0.25, 0.3) is 0 Å². The number of aryl methyl sites for hydroxylation is 2. The third-order valence-electron chi connectivity index (χ3n) is 7.04. The van der Waals surface area contributed by atoms with E-state index in [-0.39, 0.29) is 11.8 Å². The summed E-state index contributed by atoms with van der Waals surface area (Å²) in [6, 6.07) is 19.2. The summed E-state index contributed by atoms with van der Waals surface area (Å²) >= 11 is 6.16. The second kappa shape index (κ2) is 12.3. The zero-order valence-electron chi connectivity index (χ0n) is 21.6. The molecule has 0 saturated carbocycles. The van der Waals surface area contributed by atoms with Crippen LogP contribution in [0.3, 0.4) is 0 Å². The first kappa shape index (κ1) is 26.7. The largest absolute Gasteiger partial charge is 0.493 e. The van der Waals surface area contributed by atoms with Crippen LogP contribution in [0, 0.1) is 12.3 Å². The Hall–Kier alpha value is -3.32. The van der Waals surface area contributed by atoms with Crippen molar-refractivity contribution >= 4 is 23.4 Å². The number of halogens is 1. The van der Waals surface area contributed by atoms with E-state index in [2.05, 4.69) is 5.10 Å². The molecule has 1 fully saturated rings. The van der Waals surface area contributed by atoms with Crippen LogP contribution in [-0.2, 0) is 22.7 Å². The lowest BCUT2D eigenvalue weighted by Gasteiger charge is -2.43. The van der Waals surface area contributed by atoms with Crippen molar-refractivity contribution < 1.29 is 14.3 Å². The molecule has 1 saturated heterocycles. The minimum Gasteiger partial charge on any atom is -0.493 e. The van der Waals surface area contributed by atoms with Crippen LogP contribution >= 0.6 is 11.6 Å². The average Bonchev–Trinajstić information content (AvgIpc) is 3.31. The molecule has 3 aromatic rings. The van der Waals surface area contributed by atoms with Crippen molar-refractivity contribution in [3.8, 4) is 5.75 Å². The fourth-order valence-electron chi connectivity index (χ4n) is 4.92. The second-order valence-electron chi connectivity index (χ2n) is 10.0. The molecule has 2 heterocycles. The van der Waals surface area contributed by atoms with Crippen molar-refractivity contribution in [2.45, 2.75) is 45.7 Å². The van der Waals surface area contributed by atoms with Gasteiger partial charge in [-0.3, -0.25) is 14.3 Å². The van der Waals surface area contributed by atoms with Gasteiger partial charge in [-0.2, -0.15) is 5.10 Å². The van der Waals surface area contributed by atoms with Gasteiger partial charge in [0.25, 0.3) is 0 Å². The lowest BCUT2D eigenvalue weighted by Crippen LogP contribution is -2.50. The maximum Gasteiger partial charge on any atom is 0.224 e. The van der Waals surface area contributed by atoms with Crippen molar-refractivity contribution in [1.82, 2.24) is 19.6 Å². The highest BCUT2D eigenvalue weighted by atomic mass is 35.5. The molecule has 0 spiro atoms. The minimum absolute atomic E-state index is 0.0417. The molecule has 2 aromatic carbocycles. The monoisotopic (exact) mass is 522 g/mol. The Bertz CT molecular complexity index is 1200. The fraction of sp³-hybridized carbons (Fsp3) is 0.414. The highest BCUT2D eigenvalue weighted by molar-refractivity contribution is 6.30. The number of benzene rings is 2. The Labute approximate surface area is 224 Å². The molecule has 0 N–H and O–H groups in total. The number of aromatic nitrogens is 2. The predicted molar refractivity (Wildman–Crippen MR) is 144 cm³/mol. The molecule has 196 valence electrons. The summed E-state index contributed by atoms with van der Waals surface area (Å²) in [5.41, 5.74) is 1.62. The molecule has 1 aromatic heterocycles. The van der Waals surface area contributed by atoms with E-state index in [9.17, 15) is 9.59 Å². The lowest BCUT2D eigenvalue weighted by molar-refractivity contribution is -0.141. The van der Waals surface area contributed by atoms with Crippen LogP contribution in [0.2, 0.25) is 5.02 Å². The third kappa shape index (κ3) is 7.35. The van der Waals surface area contributed by atoms with Crippen LogP contribution < -0.4 is 4.74 Å². The van der Waals surface area contributed by atoms with Gasteiger partial charge in [0.1, 0.15) is 5.75 Å². The summed E-state index contributed by atoms with van der Waals surface area (Å²) in [7, 11) is 1.83. The summed E-state index contributed by atoms with van der Waals surface area (Å²) in [5, 5.41) is 4.89. The number of ether oxygens (including phenoxy) is 1. The summed E-state index contributed by atoms with van der Waals surface area (Å²) in [6.45, 7) is 4.56. The Morgan fingerprint density at radius 2 is 1.95 bits per heavy atom. The van der Waals surface area contributed by atoms with Crippen molar-refractivity contribution in [3.63, 3.8) is 0 Å². The van der Waals surface area contributed by atoms with Crippen molar-refractivity contribution in [1.29, 1.82) is 0 Å². The van der Waals surface area contributed by atoms with Gasteiger partial charge in [0.15, 0.2) is 0 Å². The lowest BCUT2D eigenvalue weighted by atomic mass is 9.77. The first-order valence-electron chi connectivity index (χ1n) is 12.8. The van der Waals surface area contributed by atoms with Gasteiger partial charge >= 0.3 is 0 Å². The Morgan fingerprint density at radius 3 is 2.68 bits per heavy atom. The van der Waals surface area contributed by atoms with Crippen LogP contribution in [0.1, 0.15) is 36.9 Å². The Balaban J connectivity index is 1.46. The number of piperidine rings is 1. The number of hydrogen-bond donors (Lipinski definition) is 0. The van der Waals surface area contributed by atoms with Gasteiger partial charge in [-0.1, -0.05) is 48.0 Å². The van der Waals surface area contributed by atoms with Crippen LogP contribution in [0.5, 0.6) is 5.75 Å². The summed E-state index contributed by atoms with van der Waals surface area (Å²) in [5.74, 6) is 0.779. The molecule has 1 aliphatic heterocycles. The zero-order valence-corrected chi connectivity index (χ0v) is 22.4. The van der Waals surface area contributed by atoms with Gasteiger partial charge in [-0.25, -0.2) is 0 Å². The molecule has 1 aliphatic rings. The second-order valence-corrected chi connectivity index (χ2v) is 10.5. The van der Waals surface area contributed by atoms with Crippen molar-refractivity contribution in [2.24, 2.45) is 5.41 Å². The minimum atomic E-state index is -0.486. The van der Waals surface area contributed by atoms with E-state index >= 15 is 0 Å². The number of carbonyl (C=O) groups excluding carboxylic acids is 2. The first-order valence-corrected chi connectivity index (χ1v) is 13.1. The maximum atomic E-state index is 13.4. The maximum absolute atomic E-state index is 13.4. The third-order valence-corrected chi connectivity index (χ3v) is 7.27. The summed E-state index contributed by atoms with van der Waals surface area (Å²) in [4.78, 5) is 30.3. The van der Waals surface area contributed by atoms with E-state index in [4.69, 9.17) is 16.3 Å². The van der Waals surface area contributed by atoms with Gasteiger partial charge < -0.3 is 14.5 Å². The van der Waals surface area contributed by atoms with Gasteiger partial charge in [-0.05, 0) is 49.6 Å². The summed E-state index contributed by atoms with van der Waals surface area (Å²) in [6.07, 6.45) is 4.05. The Kier molecular flexibility index (Phi) is 8.87. The quantitative estimate of drug-likeness (QED) is 0.377. The van der Waals surface area contributed by atoms with E-state index in [1.807, 2.05) is 72.1 Å². The number of carbonyl (C=O) groups is 2. The molecule has 2 amide bonds. The molecule has 37 heavy (non-hydrogen) atoms. The molecule has 4 rings (SSSR count). The van der Waals surface area contributed by atoms with Gasteiger partial charge in [0.05, 0.1) is 6.61 Å². The van der Waals surface area contributed by atoms with Gasteiger partial charge in [0.2, 0.25) is 11.8 Å². The van der Waals surface area contributed by atoms with Crippen LogP contribution in [0.4, 0.5) is 0 Å². The topological polar surface area (TPSA) is 67.7 Å². The highest BCUT2D eigenvalue weighted by Crippen LogP contribution is 2.36. The molecule has 0 aliphatic carbocycles. The van der Waals surface area contributed by atoms with Crippen LogP contribution in [0.15, 0.2) is 66.9 Å². The number of likely N-dealkylation sites (tertiary alicyclic amines) is 1. The normalized spacial score (nSPS) is 17.4. The molecule has 7 nitrogen and oxygen atoms in total. The molecule has 0 unspecified atom stereocenters. The number of rotatable bonds is 10. The first-order chi connectivity index (χ1) is 17.8. The fourth-order valence-corrected chi connectivity index (χ4v) is 5.10. The molecule has 8 heteroatoms. The SMILES string of the molecule is Cc1ccnn1CCC(=O)N1CCC[C@@](COc2cccc(Cl)c2)(CC(=O)N(C)Cc2ccccc2)C1. The van der Waals surface area contributed by atoms with E-state index in [1.165, 1.54) is 0 Å². The van der Waals surface area contributed by atoms with E-state index in [0.717, 1.165) is 24.1 Å². The van der Waals surface area contributed by atoms with Gasteiger partial charge in [-0.15, -0.1) is 0 Å². The number of nitrogens with zero attached hydrogens (tertiary/aromatic N) is 4. The molecular formula is C29H35ClN4O3. The Morgan fingerprint density at radius 1 is 1.14 bits per heavy atom. The number of hydrogen-bond acceptors (Lipinski definition) is 4. The van der Waals surface area contributed by atoms with Crippen molar-refractivity contribution in [3.05, 3.63) is 83.1 Å². The van der Waals surface area contributed by atoms with E-state index in [1.54, 1.807) is 23.2 Å². The average molecular weight is 523 g/mol. The zero-order chi connectivity index (χ0) is 26.3. The van der Waals surface area contributed by atoms with E-state index < -0.39 is 5.41 Å². The van der Waals surface area contributed by atoms with Crippen LogP contribution in [-0.4, -0.2) is 58.1 Å². The van der Waals surface area contributed by atoms with Gasteiger partial charge in [0, 0.05) is 68.4 Å². The molecule has 0 bridgehead atoms. The van der Waals surface area contributed by atoms with E-state index in [0.29, 0.717) is 56.4 Å². The molecule has 0 radical (unpaired) electrons. The molecule has 1 atom stereocenters. The standard InChI is InChI=1S/C29H35ClN4O3/c1-23-12-15-31-34(23)17-13-27(35)33-16-7-14-29(21-33,22-37-26-11-6-10-25(30)18-26)19-28(36)32(2)20-24-8-4-3-5-9-24/h3-6,8-12,15,18H,7,13-14,16-17,19-22H2,1-2H3/t29-/m1/s1. The summed E-state index contributed by atoms with van der Waals surface area (Å²) < 4.78 is 8.03. The number of amides is 2. The highest BCUT2D eigenvalue weighted by Gasteiger charge is 2.40. The smallest absolute Gasteiger partial charge is 0.224 e. The predicted octanol–water partition coefficient (Wildman–Crippen LogP) is 4.97.